The predicted molar refractivity (Wildman–Crippen MR) is 84.4 cm³/mol. The van der Waals surface area contributed by atoms with Crippen LogP contribution >= 0.6 is 7.60 Å². The van der Waals surface area contributed by atoms with E-state index in [2.05, 4.69) is 0 Å². The van der Waals surface area contributed by atoms with Gasteiger partial charge in [0.05, 0.1) is 11.6 Å². The van der Waals surface area contributed by atoms with E-state index < -0.39 is 24.9 Å². The monoisotopic (exact) mass is 322 g/mol. The van der Waals surface area contributed by atoms with Gasteiger partial charge in [-0.2, -0.15) is 0 Å². The molecule has 1 atom stereocenters. The van der Waals surface area contributed by atoms with Crippen LogP contribution in [-0.4, -0.2) is 27.0 Å². The van der Waals surface area contributed by atoms with Crippen LogP contribution in [0, 0.1) is 11.3 Å². The first-order valence-corrected chi connectivity index (χ1v) is 9.81. The van der Waals surface area contributed by atoms with Crippen molar-refractivity contribution in [1.82, 2.24) is 0 Å². The molecule has 5 nitrogen and oxygen atoms in total. The van der Waals surface area contributed by atoms with Gasteiger partial charge in [0.25, 0.3) is 0 Å². The summed E-state index contributed by atoms with van der Waals surface area (Å²) in [5.41, 5.74) is -0.997. The van der Waals surface area contributed by atoms with E-state index in [4.69, 9.17) is 0 Å². The van der Waals surface area contributed by atoms with Gasteiger partial charge >= 0.3 is 13.6 Å². The fourth-order valence-electron chi connectivity index (χ4n) is 3.08. The van der Waals surface area contributed by atoms with Crippen molar-refractivity contribution in [3.8, 4) is 0 Å². The predicted octanol–water partition coefficient (Wildman–Crippen LogP) is 4.03. The normalized spacial score (nSPS) is 14.1. The first-order valence-electron chi connectivity index (χ1n) is 8.01. The molecule has 0 bridgehead atoms. The summed E-state index contributed by atoms with van der Waals surface area (Å²) in [4.78, 5) is 30.6. The lowest BCUT2D eigenvalue weighted by atomic mass is 9.68. The second-order valence-corrected chi connectivity index (χ2v) is 7.70. The molecule has 0 heterocycles. The summed E-state index contributed by atoms with van der Waals surface area (Å²) >= 11 is 0. The van der Waals surface area contributed by atoms with E-state index in [1.807, 2.05) is 20.8 Å². The van der Waals surface area contributed by atoms with E-state index in [0.717, 1.165) is 32.1 Å². The Morgan fingerprint density at radius 3 is 1.81 bits per heavy atom. The molecule has 0 aromatic carbocycles. The van der Waals surface area contributed by atoms with Gasteiger partial charge in [-0.05, 0) is 25.2 Å². The summed E-state index contributed by atoms with van der Waals surface area (Å²) < 4.78 is 11.4. The van der Waals surface area contributed by atoms with Crippen molar-refractivity contribution in [2.75, 3.05) is 6.16 Å². The lowest BCUT2D eigenvalue weighted by molar-refractivity contribution is -0.154. The number of hydrogen-bond acceptors (Lipinski definition) is 2. The van der Waals surface area contributed by atoms with Crippen molar-refractivity contribution in [2.24, 2.45) is 11.3 Å². The highest BCUT2D eigenvalue weighted by molar-refractivity contribution is 7.51. The van der Waals surface area contributed by atoms with Gasteiger partial charge in [0.1, 0.15) is 0 Å². The maximum Gasteiger partial charge on any atom is 0.325 e. The lowest BCUT2D eigenvalue weighted by Crippen LogP contribution is -2.40. The van der Waals surface area contributed by atoms with Crippen LogP contribution in [0.2, 0.25) is 0 Å². The molecule has 6 heteroatoms. The van der Waals surface area contributed by atoms with E-state index in [0.29, 0.717) is 19.3 Å². The molecule has 1 unspecified atom stereocenters. The van der Waals surface area contributed by atoms with Crippen molar-refractivity contribution in [3.05, 3.63) is 0 Å². The first-order chi connectivity index (χ1) is 9.73. The summed E-state index contributed by atoms with van der Waals surface area (Å²) in [7, 11) is -4.22. The van der Waals surface area contributed by atoms with Gasteiger partial charge < -0.3 is 14.9 Å². The van der Waals surface area contributed by atoms with Gasteiger partial charge in [0.15, 0.2) is 0 Å². The van der Waals surface area contributed by atoms with E-state index in [9.17, 15) is 24.3 Å². The van der Waals surface area contributed by atoms with Crippen molar-refractivity contribution < 1.29 is 24.3 Å². The standard InChI is InChI=1S/C15H31O5P/c1-4-7-10-15(14(16)17,11-8-5-2)13(9-6-3)12-21(18,19)20/h13H,4-12H2,1-3H3,(H,16,17)(H2,18,19,20). The van der Waals surface area contributed by atoms with Gasteiger partial charge in [-0.3, -0.25) is 9.36 Å². The zero-order valence-electron chi connectivity index (χ0n) is 13.5. The van der Waals surface area contributed by atoms with Crippen molar-refractivity contribution >= 4 is 13.6 Å². The molecule has 0 aliphatic rings. The lowest BCUT2D eigenvalue weighted by Gasteiger charge is -2.38. The molecule has 0 amide bonds. The van der Waals surface area contributed by atoms with Crippen LogP contribution in [0.5, 0.6) is 0 Å². The summed E-state index contributed by atoms with van der Waals surface area (Å²) in [6, 6.07) is 0. The van der Waals surface area contributed by atoms with Crippen molar-refractivity contribution in [3.63, 3.8) is 0 Å². The summed E-state index contributed by atoms with van der Waals surface area (Å²) in [6.45, 7) is 5.94. The van der Waals surface area contributed by atoms with E-state index >= 15 is 0 Å². The third kappa shape index (κ3) is 6.94. The topological polar surface area (TPSA) is 94.8 Å². The van der Waals surface area contributed by atoms with Gasteiger partial charge in [-0.1, -0.05) is 52.9 Å². The Balaban J connectivity index is 5.50. The Bertz CT molecular complexity index is 342. The minimum Gasteiger partial charge on any atom is -0.481 e. The van der Waals surface area contributed by atoms with Crippen molar-refractivity contribution in [1.29, 1.82) is 0 Å². The van der Waals surface area contributed by atoms with Crippen LogP contribution in [0.4, 0.5) is 0 Å². The number of rotatable bonds is 12. The fourth-order valence-corrected chi connectivity index (χ4v) is 4.19. The molecule has 21 heavy (non-hydrogen) atoms. The minimum absolute atomic E-state index is 0.319. The highest BCUT2D eigenvalue weighted by atomic mass is 31.2. The molecule has 0 aromatic rings. The number of unbranched alkanes of at least 4 members (excludes halogenated alkanes) is 2. The zero-order chi connectivity index (χ0) is 16.5. The Hall–Kier alpha value is -0.380. The molecule has 3 N–H and O–H groups in total. The molecular formula is C15H31O5P. The van der Waals surface area contributed by atoms with Gasteiger partial charge in [-0.15, -0.1) is 0 Å². The molecule has 0 saturated carbocycles. The summed E-state index contributed by atoms with van der Waals surface area (Å²) in [5, 5.41) is 9.82. The van der Waals surface area contributed by atoms with E-state index in [1.54, 1.807) is 0 Å². The zero-order valence-corrected chi connectivity index (χ0v) is 14.4. The number of aliphatic carboxylic acids is 1. The van der Waals surface area contributed by atoms with Gasteiger partial charge in [0, 0.05) is 0 Å². The van der Waals surface area contributed by atoms with Crippen molar-refractivity contribution in [2.45, 2.75) is 72.1 Å². The second-order valence-electron chi connectivity index (χ2n) is 6.00. The Morgan fingerprint density at radius 1 is 1.05 bits per heavy atom. The quantitative estimate of drug-likeness (QED) is 0.471. The molecule has 0 spiro atoms. The van der Waals surface area contributed by atoms with Crippen LogP contribution in [0.25, 0.3) is 0 Å². The summed E-state index contributed by atoms with van der Waals surface area (Å²) in [6.07, 6.45) is 5.29. The second kappa shape index (κ2) is 9.60. The molecule has 0 fully saturated rings. The van der Waals surface area contributed by atoms with E-state index in [-0.39, 0.29) is 6.16 Å². The maximum atomic E-state index is 12.0. The molecule has 0 saturated heterocycles. The first kappa shape index (κ1) is 20.6. The maximum absolute atomic E-state index is 12.0. The Labute approximate surface area is 128 Å². The average Bonchev–Trinajstić information content (AvgIpc) is 2.37. The average molecular weight is 322 g/mol. The minimum atomic E-state index is -4.22. The van der Waals surface area contributed by atoms with Crippen LogP contribution < -0.4 is 0 Å². The smallest absolute Gasteiger partial charge is 0.325 e. The third-order valence-corrected chi connectivity index (χ3v) is 5.17. The number of carboxylic acid groups (broad SMARTS) is 1. The number of carbonyl (C=O) groups is 1. The van der Waals surface area contributed by atoms with E-state index in [1.165, 1.54) is 0 Å². The van der Waals surface area contributed by atoms with Crippen LogP contribution in [-0.2, 0) is 9.36 Å². The highest BCUT2D eigenvalue weighted by Crippen LogP contribution is 2.49. The third-order valence-electron chi connectivity index (χ3n) is 4.26. The Morgan fingerprint density at radius 2 is 1.52 bits per heavy atom. The molecule has 126 valence electrons. The van der Waals surface area contributed by atoms with Crippen LogP contribution in [0.1, 0.15) is 72.1 Å². The Kier molecular flexibility index (Phi) is 9.43. The van der Waals surface area contributed by atoms with Gasteiger partial charge in [0.2, 0.25) is 0 Å². The largest absolute Gasteiger partial charge is 0.481 e. The molecule has 0 rings (SSSR count). The molecule has 0 aromatic heterocycles. The highest BCUT2D eigenvalue weighted by Gasteiger charge is 2.46. The molecular weight excluding hydrogens is 291 g/mol. The van der Waals surface area contributed by atoms with Gasteiger partial charge in [-0.25, -0.2) is 0 Å². The number of carboxylic acids is 1. The molecule has 0 radical (unpaired) electrons. The number of hydrogen-bond donors (Lipinski definition) is 3. The molecule has 0 aliphatic carbocycles. The SMILES string of the molecule is CCCCC(CCCC)(C(=O)O)C(CCC)CP(=O)(O)O. The summed E-state index contributed by atoms with van der Waals surface area (Å²) in [5.74, 6) is -1.35. The van der Waals surface area contributed by atoms with Crippen LogP contribution in [0.15, 0.2) is 0 Å². The van der Waals surface area contributed by atoms with Crippen LogP contribution in [0.3, 0.4) is 0 Å². The fraction of sp³-hybridized carbons (Fsp3) is 0.933. The molecule has 0 aliphatic heterocycles.